The summed E-state index contributed by atoms with van der Waals surface area (Å²) in [5.41, 5.74) is 0. The van der Waals surface area contributed by atoms with Gasteiger partial charge in [0.15, 0.2) is 6.10 Å². The summed E-state index contributed by atoms with van der Waals surface area (Å²) in [7, 11) is 0. The molecular weight excluding hydrogens is 745 g/mol. The summed E-state index contributed by atoms with van der Waals surface area (Å²) in [6, 6.07) is 0. The number of esters is 3. The predicted molar refractivity (Wildman–Crippen MR) is 255 cm³/mol. The first-order chi connectivity index (χ1) is 29.5. The van der Waals surface area contributed by atoms with Gasteiger partial charge in [0.1, 0.15) is 13.2 Å². The number of unbranched alkanes of at least 4 members (excludes halogenated alkanes) is 8. The molecule has 1 unspecified atom stereocenters. The van der Waals surface area contributed by atoms with Crippen LogP contribution in [0.4, 0.5) is 0 Å². The van der Waals surface area contributed by atoms with Crippen molar-refractivity contribution in [3.63, 3.8) is 0 Å². The van der Waals surface area contributed by atoms with Crippen LogP contribution in [0.2, 0.25) is 0 Å². The first-order valence-electron chi connectivity index (χ1n) is 22.9. The molecule has 0 bridgehead atoms. The zero-order valence-electron chi connectivity index (χ0n) is 37.6. The fraction of sp³-hybridized carbons (Fsp3) is 0.500. The number of allylic oxidation sites excluding steroid dienone is 24. The Balaban J connectivity index is 4.63. The van der Waals surface area contributed by atoms with E-state index in [9.17, 15) is 14.4 Å². The molecule has 0 N–H and O–H groups in total. The highest BCUT2D eigenvalue weighted by molar-refractivity contribution is 5.71. The van der Waals surface area contributed by atoms with Crippen LogP contribution in [0, 0.1) is 0 Å². The smallest absolute Gasteiger partial charge is 0.306 e. The minimum atomic E-state index is -0.842. The molecule has 0 amide bonds. The van der Waals surface area contributed by atoms with E-state index in [0.717, 1.165) is 103 Å². The molecular formula is C54H80O6. The molecule has 0 rings (SSSR count). The molecule has 0 aromatic carbocycles. The van der Waals surface area contributed by atoms with Gasteiger partial charge in [-0.15, -0.1) is 0 Å². The van der Waals surface area contributed by atoms with Gasteiger partial charge in [-0.05, 0) is 89.9 Å². The summed E-state index contributed by atoms with van der Waals surface area (Å²) < 4.78 is 16.6. The van der Waals surface area contributed by atoms with E-state index < -0.39 is 6.10 Å². The van der Waals surface area contributed by atoms with Crippen LogP contribution in [0.15, 0.2) is 146 Å². The van der Waals surface area contributed by atoms with Gasteiger partial charge in [-0.3, -0.25) is 14.4 Å². The first kappa shape index (κ1) is 55.3. The maximum atomic E-state index is 12.7. The van der Waals surface area contributed by atoms with Gasteiger partial charge in [-0.25, -0.2) is 0 Å². The van der Waals surface area contributed by atoms with E-state index in [0.29, 0.717) is 19.3 Å². The van der Waals surface area contributed by atoms with E-state index in [4.69, 9.17) is 14.2 Å². The normalized spacial score (nSPS) is 13.4. The molecule has 0 heterocycles. The van der Waals surface area contributed by atoms with Crippen molar-refractivity contribution in [1.82, 2.24) is 0 Å². The highest BCUT2D eigenvalue weighted by Crippen LogP contribution is 2.11. The van der Waals surface area contributed by atoms with Gasteiger partial charge < -0.3 is 14.2 Å². The standard InChI is InChI=1S/C54H80O6/c1-4-7-10-13-16-19-22-25-26-27-30-32-35-38-41-44-47-53(56)59-50-51(60-54(57)48-45-42-39-36-33-29-24-21-18-15-12-9-6-3)49-58-52(55)46-43-40-37-34-31-28-23-20-17-14-11-8-5-2/h7-12,14-21,23-26,29-30,32-33,38,41,51H,4-6,13,22,27-28,31,34-37,39-40,42-50H2,1-3H3/b10-7-,11-8-,12-9-,17-14-,18-15-,19-16-,23-20-,24-21-,26-25-,32-30-,33-29-,41-38-. The summed E-state index contributed by atoms with van der Waals surface area (Å²) in [5.74, 6) is -1.10. The fourth-order valence-corrected chi connectivity index (χ4v) is 5.38. The van der Waals surface area contributed by atoms with Crippen molar-refractivity contribution < 1.29 is 28.6 Å². The highest BCUT2D eigenvalue weighted by atomic mass is 16.6. The van der Waals surface area contributed by atoms with Crippen molar-refractivity contribution in [2.24, 2.45) is 0 Å². The number of hydrogen-bond donors (Lipinski definition) is 0. The van der Waals surface area contributed by atoms with Crippen molar-refractivity contribution in [1.29, 1.82) is 0 Å². The second-order valence-corrected chi connectivity index (χ2v) is 14.3. The van der Waals surface area contributed by atoms with Gasteiger partial charge in [0.2, 0.25) is 0 Å². The minimum absolute atomic E-state index is 0.135. The summed E-state index contributed by atoms with van der Waals surface area (Å²) in [6.07, 6.45) is 67.0. The summed E-state index contributed by atoms with van der Waals surface area (Å²) in [4.78, 5) is 37.8. The van der Waals surface area contributed by atoms with Crippen LogP contribution >= 0.6 is 0 Å². The van der Waals surface area contributed by atoms with Crippen LogP contribution in [0.3, 0.4) is 0 Å². The van der Waals surface area contributed by atoms with Gasteiger partial charge in [-0.1, -0.05) is 192 Å². The van der Waals surface area contributed by atoms with E-state index >= 15 is 0 Å². The highest BCUT2D eigenvalue weighted by Gasteiger charge is 2.19. The third-order valence-corrected chi connectivity index (χ3v) is 8.74. The SMILES string of the molecule is CC\C=C/C=C\C=C/C=C\CCCCCC(=O)OC(COC(=O)CC/C=C\C/C=C\C/C=C\C/C=C\C/C=C\CC)COC(=O)CCCCCCC\C=C/C=C\C=C/CC. The molecule has 0 saturated heterocycles. The molecule has 0 aromatic rings. The Labute approximate surface area is 366 Å². The lowest BCUT2D eigenvalue weighted by molar-refractivity contribution is -0.166. The zero-order chi connectivity index (χ0) is 43.7. The van der Waals surface area contributed by atoms with Gasteiger partial charge in [0, 0.05) is 19.3 Å². The molecule has 6 nitrogen and oxygen atoms in total. The minimum Gasteiger partial charge on any atom is -0.462 e. The topological polar surface area (TPSA) is 78.9 Å². The lowest BCUT2D eigenvalue weighted by Crippen LogP contribution is -2.30. The maximum absolute atomic E-state index is 12.7. The van der Waals surface area contributed by atoms with Crippen LogP contribution in [0.25, 0.3) is 0 Å². The number of carbonyl (C=O) groups excluding carboxylic acids is 3. The molecule has 0 aliphatic carbocycles. The second-order valence-electron chi connectivity index (χ2n) is 14.3. The van der Waals surface area contributed by atoms with Crippen LogP contribution in [0.1, 0.15) is 156 Å². The van der Waals surface area contributed by atoms with Crippen molar-refractivity contribution in [3.8, 4) is 0 Å². The maximum Gasteiger partial charge on any atom is 0.306 e. The van der Waals surface area contributed by atoms with Crippen LogP contribution in [-0.4, -0.2) is 37.2 Å². The molecule has 0 saturated carbocycles. The number of ether oxygens (including phenoxy) is 3. The molecule has 332 valence electrons. The van der Waals surface area contributed by atoms with Crippen LogP contribution in [0.5, 0.6) is 0 Å². The van der Waals surface area contributed by atoms with Crippen molar-refractivity contribution in [2.75, 3.05) is 13.2 Å². The number of hydrogen-bond acceptors (Lipinski definition) is 6. The largest absolute Gasteiger partial charge is 0.462 e. The predicted octanol–water partition coefficient (Wildman–Crippen LogP) is 14.9. The third kappa shape index (κ3) is 44.4. The van der Waals surface area contributed by atoms with Gasteiger partial charge >= 0.3 is 17.9 Å². The Kier molecular flexibility index (Phi) is 43.3. The molecule has 60 heavy (non-hydrogen) atoms. The average Bonchev–Trinajstić information content (AvgIpc) is 3.24. The summed E-state index contributed by atoms with van der Waals surface area (Å²) in [6.45, 7) is 6.08. The monoisotopic (exact) mass is 825 g/mol. The van der Waals surface area contributed by atoms with Gasteiger partial charge in [0.05, 0.1) is 0 Å². The molecule has 0 spiro atoms. The Morgan fingerprint density at radius 2 is 0.717 bits per heavy atom. The summed E-state index contributed by atoms with van der Waals surface area (Å²) in [5, 5.41) is 0. The Bertz CT molecular complexity index is 1410. The van der Waals surface area contributed by atoms with Crippen LogP contribution < -0.4 is 0 Å². The lowest BCUT2D eigenvalue weighted by Gasteiger charge is -2.18. The summed E-state index contributed by atoms with van der Waals surface area (Å²) >= 11 is 0. The third-order valence-electron chi connectivity index (χ3n) is 8.74. The van der Waals surface area contributed by atoms with Crippen LogP contribution in [-0.2, 0) is 28.6 Å². The molecule has 6 heteroatoms. The van der Waals surface area contributed by atoms with Gasteiger partial charge in [-0.2, -0.15) is 0 Å². The van der Waals surface area contributed by atoms with E-state index in [1.165, 1.54) is 0 Å². The Morgan fingerprint density at radius 3 is 1.22 bits per heavy atom. The van der Waals surface area contributed by atoms with Crippen molar-refractivity contribution in [3.05, 3.63) is 146 Å². The quantitative estimate of drug-likeness (QED) is 0.0203. The molecule has 0 aliphatic rings. The van der Waals surface area contributed by atoms with E-state index in [1.54, 1.807) is 0 Å². The second kappa shape index (κ2) is 47.0. The van der Waals surface area contributed by atoms with Gasteiger partial charge in [0.25, 0.3) is 0 Å². The molecule has 0 aliphatic heterocycles. The lowest BCUT2D eigenvalue weighted by atomic mass is 10.1. The molecule has 0 fully saturated rings. The molecule has 0 radical (unpaired) electrons. The van der Waals surface area contributed by atoms with E-state index in [2.05, 4.69) is 112 Å². The number of carbonyl (C=O) groups is 3. The molecule has 0 aromatic heterocycles. The van der Waals surface area contributed by atoms with Crippen molar-refractivity contribution in [2.45, 2.75) is 162 Å². The number of rotatable bonds is 38. The molecule has 1 atom stereocenters. The van der Waals surface area contributed by atoms with Crippen molar-refractivity contribution >= 4 is 17.9 Å². The zero-order valence-corrected chi connectivity index (χ0v) is 37.6. The Morgan fingerprint density at radius 1 is 0.350 bits per heavy atom. The average molecular weight is 825 g/mol. The fourth-order valence-electron chi connectivity index (χ4n) is 5.38. The Hall–Kier alpha value is -4.71. The van der Waals surface area contributed by atoms with E-state index in [-0.39, 0.29) is 44.0 Å². The first-order valence-corrected chi connectivity index (χ1v) is 22.9. The van der Waals surface area contributed by atoms with E-state index in [1.807, 2.05) is 54.7 Å².